The molecule has 0 aromatic heterocycles. The van der Waals surface area contributed by atoms with Crippen molar-refractivity contribution in [3.05, 3.63) is 53.1 Å². The molecule has 2 atom stereocenters. The van der Waals surface area contributed by atoms with E-state index in [0.717, 1.165) is 43.9 Å². The Morgan fingerprint density at radius 1 is 1.03 bits per heavy atom. The minimum absolute atomic E-state index is 0. The van der Waals surface area contributed by atoms with Crippen LogP contribution in [0.4, 0.5) is 0 Å². The van der Waals surface area contributed by atoms with Crippen molar-refractivity contribution in [2.45, 2.75) is 31.3 Å². The Kier molecular flexibility index (Phi) is 7.10. The number of methoxy groups -OCH3 is 3. The molecule has 0 bridgehead atoms. The maximum absolute atomic E-state index is 12.8. The third-order valence-corrected chi connectivity index (χ3v) is 6.05. The SMILES string of the molecule is COc1cccc(C(=O)NC2CCN3CCc4cc(OC)c(OC)cc4C3C2)c1.Cl. The average molecular weight is 433 g/mol. The molecule has 1 amide bonds. The molecule has 0 spiro atoms. The number of carbonyl (C=O) groups is 1. The Balaban J connectivity index is 0.00000256. The fourth-order valence-corrected chi connectivity index (χ4v) is 4.50. The minimum Gasteiger partial charge on any atom is -0.497 e. The van der Waals surface area contributed by atoms with Crippen molar-refractivity contribution in [1.82, 2.24) is 10.2 Å². The number of fused-ring (bicyclic) bond motifs is 3. The van der Waals surface area contributed by atoms with Crippen LogP contribution < -0.4 is 19.5 Å². The molecule has 7 heteroatoms. The van der Waals surface area contributed by atoms with Gasteiger partial charge in [0.1, 0.15) is 5.75 Å². The Hall–Kier alpha value is -2.44. The van der Waals surface area contributed by atoms with Crippen LogP contribution in [0.3, 0.4) is 0 Å². The van der Waals surface area contributed by atoms with Gasteiger partial charge in [-0.1, -0.05) is 6.07 Å². The molecule has 2 heterocycles. The van der Waals surface area contributed by atoms with Gasteiger partial charge < -0.3 is 19.5 Å². The highest BCUT2D eigenvalue weighted by Gasteiger charge is 2.35. The van der Waals surface area contributed by atoms with Gasteiger partial charge in [0.2, 0.25) is 0 Å². The van der Waals surface area contributed by atoms with E-state index >= 15 is 0 Å². The highest BCUT2D eigenvalue weighted by Crippen LogP contribution is 2.41. The predicted molar refractivity (Wildman–Crippen MR) is 118 cm³/mol. The highest BCUT2D eigenvalue weighted by atomic mass is 35.5. The quantitative estimate of drug-likeness (QED) is 0.781. The standard InChI is InChI=1S/C23H28N2O4.ClH/c1-27-18-6-4-5-16(11-18)23(26)24-17-8-10-25-9-7-15-12-21(28-2)22(29-3)14-19(15)20(25)13-17;/h4-6,11-12,14,17,20H,7-10,13H2,1-3H3,(H,24,26);1H. The van der Waals surface area contributed by atoms with Crippen LogP contribution in [0.5, 0.6) is 17.2 Å². The molecular weight excluding hydrogens is 404 g/mol. The molecule has 2 aromatic carbocycles. The molecule has 1 saturated heterocycles. The minimum atomic E-state index is -0.0503. The third-order valence-electron chi connectivity index (χ3n) is 6.05. The predicted octanol–water partition coefficient (Wildman–Crippen LogP) is 3.63. The summed E-state index contributed by atoms with van der Waals surface area (Å²) in [5.74, 6) is 2.18. The number of rotatable bonds is 5. The summed E-state index contributed by atoms with van der Waals surface area (Å²) in [6, 6.07) is 11.9. The number of halogens is 1. The highest BCUT2D eigenvalue weighted by molar-refractivity contribution is 5.94. The second-order valence-corrected chi connectivity index (χ2v) is 7.63. The molecule has 0 aliphatic carbocycles. The van der Waals surface area contributed by atoms with Crippen LogP contribution in [-0.4, -0.2) is 51.3 Å². The molecular formula is C23H29ClN2O4. The molecule has 2 aromatic rings. The zero-order chi connectivity index (χ0) is 20.4. The van der Waals surface area contributed by atoms with Gasteiger partial charge in [-0.05, 0) is 60.7 Å². The summed E-state index contributed by atoms with van der Waals surface area (Å²) in [6.45, 7) is 2.01. The largest absolute Gasteiger partial charge is 0.497 e. The second kappa shape index (κ2) is 9.58. The fourth-order valence-electron chi connectivity index (χ4n) is 4.50. The van der Waals surface area contributed by atoms with E-state index in [2.05, 4.69) is 22.3 Å². The van der Waals surface area contributed by atoms with Crippen LogP contribution in [0.25, 0.3) is 0 Å². The summed E-state index contributed by atoms with van der Waals surface area (Å²) in [6.07, 6.45) is 2.85. The van der Waals surface area contributed by atoms with Gasteiger partial charge >= 0.3 is 0 Å². The lowest BCUT2D eigenvalue weighted by Gasteiger charge is -2.43. The van der Waals surface area contributed by atoms with Crippen molar-refractivity contribution in [2.24, 2.45) is 0 Å². The van der Waals surface area contributed by atoms with Gasteiger partial charge in [0.25, 0.3) is 5.91 Å². The molecule has 6 nitrogen and oxygen atoms in total. The molecule has 1 N–H and O–H groups in total. The van der Waals surface area contributed by atoms with E-state index in [1.165, 1.54) is 11.1 Å². The number of carbonyl (C=O) groups excluding carboxylic acids is 1. The molecule has 0 saturated carbocycles. The molecule has 1 fully saturated rings. The zero-order valence-corrected chi connectivity index (χ0v) is 18.5. The Bertz CT molecular complexity index is 905. The Morgan fingerprint density at radius 2 is 1.80 bits per heavy atom. The summed E-state index contributed by atoms with van der Waals surface area (Å²) < 4.78 is 16.2. The number of hydrogen-bond acceptors (Lipinski definition) is 5. The van der Waals surface area contributed by atoms with Gasteiger partial charge in [0.15, 0.2) is 11.5 Å². The summed E-state index contributed by atoms with van der Waals surface area (Å²) in [5, 5.41) is 3.22. The van der Waals surface area contributed by atoms with Crippen molar-refractivity contribution in [2.75, 3.05) is 34.4 Å². The van der Waals surface area contributed by atoms with Crippen molar-refractivity contribution in [3.8, 4) is 17.2 Å². The topological polar surface area (TPSA) is 60.0 Å². The smallest absolute Gasteiger partial charge is 0.251 e. The first-order chi connectivity index (χ1) is 14.1. The lowest BCUT2D eigenvalue weighted by Crippen LogP contribution is -2.48. The van der Waals surface area contributed by atoms with Gasteiger partial charge in [-0.3, -0.25) is 9.69 Å². The van der Waals surface area contributed by atoms with Crippen molar-refractivity contribution in [1.29, 1.82) is 0 Å². The fraction of sp³-hybridized carbons (Fsp3) is 0.435. The lowest BCUT2D eigenvalue weighted by atomic mass is 9.84. The molecule has 2 aliphatic rings. The maximum Gasteiger partial charge on any atom is 0.251 e. The van der Waals surface area contributed by atoms with Crippen molar-refractivity contribution < 1.29 is 19.0 Å². The lowest BCUT2D eigenvalue weighted by molar-refractivity contribution is 0.0843. The number of piperidine rings is 1. The molecule has 2 unspecified atom stereocenters. The van der Waals surface area contributed by atoms with Crippen LogP contribution in [0.2, 0.25) is 0 Å². The van der Waals surface area contributed by atoms with Crippen LogP contribution in [-0.2, 0) is 6.42 Å². The maximum atomic E-state index is 12.8. The normalized spacial score (nSPS) is 20.2. The summed E-state index contributed by atoms with van der Waals surface area (Å²) in [4.78, 5) is 15.3. The number of benzene rings is 2. The van der Waals surface area contributed by atoms with Crippen LogP contribution in [0.1, 0.15) is 40.4 Å². The Morgan fingerprint density at radius 3 is 2.53 bits per heavy atom. The first-order valence-electron chi connectivity index (χ1n) is 10.1. The Labute approximate surface area is 183 Å². The van der Waals surface area contributed by atoms with Crippen molar-refractivity contribution in [3.63, 3.8) is 0 Å². The number of hydrogen-bond donors (Lipinski definition) is 1. The van der Waals surface area contributed by atoms with Gasteiger partial charge in [0, 0.05) is 30.7 Å². The van der Waals surface area contributed by atoms with Gasteiger partial charge in [-0.15, -0.1) is 12.4 Å². The molecule has 162 valence electrons. The summed E-state index contributed by atoms with van der Waals surface area (Å²) in [7, 11) is 4.95. The van der Waals surface area contributed by atoms with E-state index in [0.29, 0.717) is 11.3 Å². The van der Waals surface area contributed by atoms with E-state index in [1.807, 2.05) is 18.2 Å². The number of nitrogens with zero attached hydrogens (tertiary/aromatic N) is 1. The third kappa shape index (κ3) is 4.35. The van der Waals surface area contributed by atoms with Gasteiger partial charge in [0.05, 0.1) is 21.3 Å². The monoisotopic (exact) mass is 432 g/mol. The van der Waals surface area contributed by atoms with Crippen LogP contribution in [0, 0.1) is 0 Å². The molecule has 2 aliphatic heterocycles. The molecule has 4 rings (SSSR count). The van der Waals surface area contributed by atoms with Crippen LogP contribution in [0.15, 0.2) is 36.4 Å². The molecule has 30 heavy (non-hydrogen) atoms. The second-order valence-electron chi connectivity index (χ2n) is 7.63. The molecule has 0 radical (unpaired) electrons. The van der Waals surface area contributed by atoms with Crippen molar-refractivity contribution >= 4 is 18.3 Å². The van der Waals surface area contributed by atoms with E-state index in [9.17, 15) is 4.79 Å². The number of amides is 1. The van der Waals surface area contributed by atoms with E-state index in [4.69, 9.17) is 14.2 Å². The average Bonchev–Trinajstić information content (AvgIpc) is 2.77. The first-order valence-corrected chi connectivity index (χ1v) is 10.1. The van der Waals surface area contributed by atoms with Crippen LogP contribution >= 0.6 is 12.4 Å². The summed E-state index contributed by atoms with van der Waals surface area (Å²) >= 11 is 0. The first kappa shape index (κ1) is 22.2. The summed E-state index contributed by atoms with van der Waals surface area (Å²) in [5.41, 5.74) is 3.22. The van der Waals surface area contributed by atoms with E-state index in [1.54, 1.807) is 27.4 Å². The number of nitrogens with one attached hydrogen (secondary N) is 1. The van der Waals surface area contributed by atoms with Gasteiger partial charge in [-0.25, -0.2) is 0 Å². The van der Waals surface area contributed by atoms with E-state index in [-0.39, 0.29) is 30.4 Å². The van der Waals surface area contributed by atoms with Gasteiger partial charge in [-0.2, -0.15) is 0 Å². The number of ether oxygens (including phenoxy) is 3. The van der Waals surface area contributed by atoms with E-state index < -0.39 is 0 Å². The zero-order valence-electron chi connectivity index (χ0n) is 17.6.